The van der Waals surface area contributed by atoms with Crippen molar-refractivity contribution in [3.8, 4) is 11.4 Å². The maximum atomic E-state index is 11.9. The van der Waals surface area contributed by atoms with Crippen molar-refractivity contribution < 1.29 is 12.4 Å². The van der Waals surface area contributed by atoms with Crippen LogP contribution in [0.5, 0.6) is 0 Å². The van der Waals surface area contributed by atoms with Crippen LogP contribution in [0.1, 0.15) is 0 Å². The van der Waals surface area contributed by atoms with Crippen LogP contribution < -0.4 is 18.0 Å². The minimum Gasteiger partial charge on any atom is -1.00 e. The Bertz CT molecular complexity index is 722. The Morgan fingerprint density at radius 2 is 1.78 bits per heavy atom. The number of benzene rings is 1. The Labute approximate surface area is 110 Å². The van der Waals surface area contributed by atoms with Gasteiger partial charge in [-0.05, 0) is 29.7 Å². The molecule has 18 heavy (non-hydrogen) atoms. The molecule has 0 atom stereocenters. The van der Waals surface area contributed by atoms with Gasteiger partial charge in [-0.2, -0.15) is 0 Å². The van der Waals surface area contributed by atoms with Crippen LogP contribution in [0.3, 0.4) is 0 Å². The van der Waals surface area contributed by atoms with Gasteiger partial charge >= 0.3 is 0 Å². The molecule has 3 aromatic rings. The highest BCUT2D eigenvalue weighted by atomic mass is 35.5. The summed E-state index contributed by atoms with van der Waals surface area (Å²) in [5.74, 6) is 0. The van der Waals surface area contributed by atoms with Crippen molar-refractivity contribution in [1.29, 1.82) is 0 Å². The topological polar surface area (TPSA) is 45.8 Å². The number of rotatable bonds is 1. The largest absolute Gasteiger partial charge is 1.00 e. The van der Waals surface area contributed by atoms with Crippen molar-refractivity contribution in [2.75, 3.05) is 0 Å². The summed E-state index contributed by atoms with van der Waals surface area (Å²) >= 11 is 0. The molecule has 2 aromatic heterocycles. The second-order valence-electron chi connectivity index (χ2n) is 3.81. The molecule has 0 unspecified atom stereocenters. The van der Waals surface area contributed by atoms with Crippen LogP contribution in [0.15, 0.2) is 59.5 Å². The van der Waals surface area contributed by atoms with Gasteiger partial charge in [0.2, 0.25) is 0 Å². The van der Waals surface area contributed by atoms with Gasteiger partial charge in [-0.1, -0.05) is 24.3 Å². The quantitative estimate of drug-likeness (QED) is 0.645. The van der Waals surface area contributed by atoms with Crippen molar-refractivity contribution >= 4 is 10.8 Å². The second kappa shape index (κ2) is 5.02. The van der Waals surface area contributed by atoms with Gasteiger partial charge in [-0.25, -0.2) is 0 Å². The molecule has 3 rings (SSSR count). The summed E-state index contributed by atoms with van der Waals surface area (Å²) in [5, 5.41) is 1.63. The number of hydrogen-bond acceptors (Lipinski definition) is 2. The third-order valence-electron chi connectivity index (χ3n) is 2.69. The monoisotopic (exact) mass is 257 g/mol. The number of H-pyrrole nitrogens is 1. The van der Waals surface area contributed by atoms with Gasteiger partial charge < -0.3 is 17.4 Å². The molecule has 90 valence electrons. The first-order valence-corrected chi connectivity index (χ1v) is 5.38. The van der Waals surface area contributed by atoms with E-state index in [2.05, 4.69) is 9.97 Å². The number of hydrogen-bond donors (Lipinski definition) is 1. The van der Waals surface area contributed by atoms with E-state index in [9.17, 15) is 4.79 Å². The minimum atomic E-state index is -0.0799. The number of fused-ring (bicyclic) bond motifs is 1. The van der Waals surface area contributed by atoms with E-state index in [1.165, 1.54) is 0 Å². The first-order valence-electron chi connectivity index (χ1n) is 5.38. The molecule has 0 saturated carbocycles. The molecule has 0 aliphatic heterocycles. The van der Waals surface area contributed by atoms with Crippen molar-refractivity contribution in [2.24, 2.45) is 0 Å². The zero-order valence-electron chi connectivity index (χ0n) is 9.43. The summed E-state index contributed by atoms with van der Waals surface area (Å²) in [6.07, 6.45) is 1.71. The standard InChI is InChI=1S/C14H10N2O.ClH/c17-14-11-6-2-1-5-10(11)9-13(16-14)12-7-3-4-8-15-12;/h1-9H,(H,16,17);1H/p-1. The van der Waals surface area contributed by atoms with Gasteiger partial charge in [0, 0.05) is 11.6 Å². The van der Waals surface area contributed by atoms with Crippen LogP contribution in [0.25, 0.3) is 22.2 Å². The zero-order chi connectivity index (χ0) is 11.7. The van der Waals surface area contributed by atoms with Crippen molar-refractivity contribution in [3.63, 3.8) is 0 Å². The predicted octanol–water partition coefficient (Wildman–Crippen LogP) is -0.406. The molecule has 0 aliphatic carbocycles. The van der Waals surface area contributed by atoms with Gasteiger partial charge in [0.05, 0.1) is 11.4 Å². The highest BCUT2D eigenvalue weighted by Crippen LogP contribution is 2.17. The summed E-state index contributed by atoms with van der Waals surface area (Å²) in [6.45, 7) is 0. The fraction of sp³-hybridized carbons (Fsp3) is 0. The molecule has 0 bridgehead atoms. The van der Waals surface area contributed by atoms with Crippen LogP contribution in [0.2, 0.25) is 0 Å². The lowest BCUT2D eigenvalue weighted by Crippen LogP contribution is -3.00. The number of halogens is 1. The normalized spacial score (nSPS) is 10.0. The Morgan fingerprint density at radius 3 is 2.56 bits per heavy atom. The third-order valence-corrected chi connectivity index (χ3v) is 2.69. The van der Waals surface area contributed by atoms with E-state index in [1.54, 1.807) is 6.20 Å². The summed E-state index contributed by atoms with van der Waals surface area (Å²) < 4.78 is 0. The zero-order valence-corrected chi connectivity index (χ0v) is 10.2. The molecule has 0 fully saturated rings. The van der Waals surface area contributed by atoms with E-state index >= 15 is 0 Å². The van der Waals surface area contributed by atoms with Gasteiger partial charge in [0.1, 0.15) is 0 Å². The number of aromatic amines is 1. The van der Waals surface area contributed by atoms with Crippen LogP contribution in [0.4, 0.5) is 0 Å². The summed E-state index contributed by atoms with van der Waals surface area (Å²) in [6, 6.07) is 15.1. The first-order chi connectivity index (χ1) is 8.34. The third kappa shape index (κ3) is 2.13. The van der Waals surface area contributed by atoms with Crippen LogP contribution in [-0.4, -0.2) is 9.97 Å². The maximum Gasteiger partial charge on any atom is 0.256 e. The van der Waals surface area contributed by atoms with Crippen LogP contribution in [-0.2, 0) is 0 Å². The molecular weight excluding hydrogens is 248 g/mol. The molecule has 1 aromatic carbocycles. The molecule has 1 N–H and O–H groups in total. The SMILES string of the molecule is O=c1[nH]c(-c2ccccn2)cc2ccccc12.[Cl-]. The van der Waals surface area contributed by atoms with Gasteiger partial charge in [0.15, 0.2) is 0 Å². The Morgan fingerprint density at radius 1 is 1.00 bits per heavy atom. The average Bonchev–Trinajstić information content (AvgIpc) is 2.40. The number of pyridine rings is 2. The van der Waals surface area contributed by atoms with Crippen molar-refractivity contribution in [2.45, 2.75) is 0 Å². The molecular formula is C14H10ClN2O-. The predicted molar refractivity (Wildman–Crippen MR) is 67.8 cm³/mol. The molecule has 2 heterocycles. The Balaban J connectivity index is 0.00000120. The molecule has 0 amide bonds. The molecule has 0 aliphatic rings. The van der Waals surface area contributed by atoms with Gasteiger partial charge in [-0.3, -0.25) is 9.78 Å². The van der Waals surface area contributed by atoms with E-state index in [0.717, 1.165) is 16.8 Å². The van der Waals surface area contributed by atoms with E-state index in [0.29, 0.717) is 5.39 Å². The lowest BCUT2D eigenvalue weighted by atomic mass is 10.1. The highest BCUT2D eigenvalue weighted by molar-refractivity contribution is 5.84. The molecule has 0 radical (unpaired) electrons. The number of aromatic nitrogens is 2. The van der Waals surface area contributed by atoms with E-state index < -0.39 is 0 Å². The fourth-order valence-corrected chi connectivity index (χ4v) is 1.87. The lowest BCUT2D eigenvalue weighted by molar-refractivity contribution is -0.00000347. The van der Waals surface area contributed by atoms with Gasteiger partial charge in [-0.15, -0.1) is 0 Å². The average molecular weight is 258 g/mol. The van der Waals surface area contributed by atoms with Crippen LogP contribution in [0, 0.1) is 0 Å². The smallest absolute Gasteiger partial charge is 0.256 e. The highest BCUT2D eigenvalue weighted by Gasteiger charge is 2.03. The minimum absolute atomic E-state index is 0. The number of nitrogens with one attached hydrogen (secondary N) is 1. The fourth-order valence-electron chi connectivity index (χ4n) is 1.87. The molecule has 4 heteroatoms. The molecule has 0 spiro atoms. The second-order valence-corrected chi connectivity index (χ2v) is 3.81. The number of nitrogens with zero attached hydrogens (tertiary/aromatic N) is 1. The van der Waals surface area contributed by atoms with E-state index in [1.807, 2.05) is 48.5 Å². The van der Waals surface area contributed by atoms with Crippen LogP contribution >= 0.6 is 0 Å². The molecule has 3 nitrogen and oxygen atoms in total. The lowest BCUT2D eigenvalue weighted by Gasteiger charge is -2.02. The van der Waals surface area contributed by atoms with Crippen molar-refractivity contribution in [3.05, 3.63) is 65.1 Å². The first kappa shape index (κ1) is 12.3. The Hall–Kier alpha value is -2.13. The maximum absolute atomic E-state index is 11.9. The van der Waals surface area contributed by atoms with E-state index in [4.69, 9.17) is 0 Å². The molecule has 0 saturated heterocycles. The van der Waals surface area contributed by atoms with Gasteiger partial charge in [0.25, 0.3) is 5.56 Å². The summed E-state index contributed by atoms with van der Waals surface area (Å²) in [5.41, 5.74) is 1.44. The summed E-state index contributed by atoms with van der Waals surface area (Å²) in [4.78, 5) is 19.0. The van der Waals surface area contributed by atoms with Crippen molar-refractivity contribution in [1.82, 2.24) is 9.97 Å². The van der Waals surface area contributed by atoms with E-state index in [-0.39, 0.29) is 18.0 Å². The summed E-state index contributed by atoms with van der Waals surface area (Å²) in [7, 11) is 0. The Kier molecular flexibility index (Phi) is 3.44.